The summed E-state index contributed by atoms with van der Waals surface area (Å²) in [6.07, 6.45) is 3.90. The second-order valence-corrected chi connectivity index (χ2v) is 6.65. The van der Waals surface area contributed by atoms with Gasteiger partial charge in [0.25, 0.3) is 5.91 Å². The summed E-state index contributed by atoms with van der Waals surface area (Å²) in [5, 5.41) is 14.3. The normalized spacial score (nSPS) is 15.6. The number of para-hydroxylation sites is 1. The molecule has 7 heteroatoms. The van der Waals surface area contributed by atoms with Gasteiger partial charge in [0.2, 0.25) is 0 Å². The van der Waals surface area contributed by atoms with Crippen molar-refractivity contribution in [2.45, 2.75) is 18.9 Å². The van der Waals surface area contributed by atoms with E-state index < -0.39 is 0 Å². The first kappa shape index (κ1) is 17.4. The van der Waals surface area contributed by atoms with E-state index in [0.29, 0.717) is 17.8 Å². The van der Waals surface area contributed by atoms with E-state index in [1.807, 2.05) is 36.4 Å². The highest BCUT2D eigenvalue weighted by Gasteiger charge is 2.24. The van der Waals surface area contributed by atoms with Crippen LogP contribution in [0.1, 0.15) is 34.8 Å². The Bertz CT molecular complexity index is 875. The van der Waals surface area contributed by atoms with Crippen LogP contribution in [0.5, 0.6) is 0 Å². The standard InChI is InChI=1S/C20H22N6O/c27-20(17-10-4-5-11-18(17)26-15-22-23-24-26)21-14-19(25-12-6-7-13-25)16-8-2-1-3-9-16/h1-5,8-11,15,19H,6-7,12-14H2,(H,21,27). The molecule has 2 aromatic carbocycles. The molecule has 138 valence electrons. The fraction of sp³-hybridized carbons (Fsp3) is 0.300. The molecule has 0 spiro atoms. The van der Waals surface area contributed by atoms with Gasteiger partial charge in [-0.15, -0.1) is 5.10 Å². The molecule has 2 heterocycles. The maximum absolute atomic E-state index is 12.9. The first-order chi connectivity index (χ1) is 13.3. The molecule has 1 aliphatic rings. The van der Waals surface area contributed by atoms with Crippen molar-refractivity contribution in [1.82, 2.24) is 30.4 Å². The van der Waals surface area contributed by atoms with Crippen LogP contribution in [0.15, 0.2) is 60.9 Å². The Labute approximate surface area is 158 Å². The molecule has 0 bridgehead atoms. The minimum Gasteiger partial charge on any atom is -0.350 e. The summed E-state index contributed by atoms with van der Waals surface area (Å²) in [6.45, 7) is 2.69. The molecule has 1 N–H and O–H groups in total. The maximum atomic E-state index is 12.9. The number of amides is 1. The molecule has 3 aromatic rings. The number of carbonyl (C=O) groups excluding carboxylic acids is 1. The van der Waals surface area contributed by atoms with Crippen molar-refractivity contribution in [3.8, 4) is 5.69 Å². The molecular formula is C20H22N6O. The predicted octanol–water partition coefficient (Wildman–Crippen LogP) is 2.23. The van der Waals surface area contributed by atoms with Crippen LogP contribution in [0.4, 0.5) is 0 Å². The highest BCUT2D eigenvalue weighted by molar-refractivity contribution is 5.97. The first-order valence-corrected chi connectivity index (χ1v) is 9.22. The van der Waals surface area contributed by atoms with Gasteiger partial charge in [-0.25, -0.2) is 0 Å². The zero-order valence-corrected chi connectivity index (χ0v) is 15.0. The molecule has 27 heavy (non-hydrogen) atoms. The third kappa shape index (κ3) is 3.88. The largest absolute Gasteiger partial charge is 0.350 e. The third-order valence-corrected chi connectivity index (χ3v) is 4.97. The smallest absolute Gasteiger partial charge is 0.253 e. The van der Waals surface area contributed by atoms with Crippen LogP contribution in [-0.2, 0) is 0 Å². The number of likely N-dealkylation sites (tertiary alicyclic amines) is 1. The van der Waals surface area contributed by atoms with Gasteiger partial charge in [-0.05, 0) is 54.1 Å². The molecule has 1 fully saturated rings. The van der Waals surface area contributed by atoms with Gasteiger partial charge >= 0.3 is 0 Å². The van der Waals surface area contributed by atoms with Crippen LogP contribution in [0, 0.1) is 0 Å². The Hall–Kier alpha value is -3.06. The van der Waals surface area contributed by atoms with Crippen molar-refractivity contribution in [3.63, 3.8) is 0 Å². The Balaban J connectivity index is 1.52. The number of rotatable bonds is 6. The predicted molar refractivity (Wildman–Crippen MR) is 101 cm³/mol. The number of hydrogen-bond acceptors (Lipinski definition) is 5. The zero-order chi connectivity index (χ0) is 18.5. The van der Waals surface area contributed by atoms with Crippen LogP contribution in [0.2, 0.25) is 0 Å². The SMILES string of the molecule is O=C(NCC(c1ccccc1)N1CCCC1)c1ccccc1-n1cnnn1. The molecule has 1 amide bonds. The van der Waals surface area contributed by atoms with Crippen LogP contribution in [0.25, 0.3) is 5.69 Å². The van der Waals surface area contributed by atoms with Crippen molar-refractivity contribution in [1.29, 1.82) is 0 Å². The van der Waals surface area contributed by atoms with E-state index in [1.54, 1.807) is 6.07 Å². The van der Waals surface area contributed by atoms with E-state index >= 15 is 0 Å². The molecule has 1 atom stereocenters. The Morgan fingerprint density at radius 2 is 1.78 bits per heavy atom. The summed E-state index contributed by atoms with van der Waals surface area (Å²) in [6, 6.07) is 17.9. The number of hydrogen-bond donors (Lipinski definition) is 1. The number of benzene rings is 2. The Morgan fingerprint density at radius 1 is 1.04 bits per heavy atom. The van der Waals surface area contributed by atoms with E-state index in [2.05, 4.69) is 37.9 Å². The summed E-state index contributed by atoms with van der Waals surface area (Å²) in [5.41, 5.74) is 2.45. The van der Waals surface area contributed by atoms with Crippen molar-refractivity contribution >= 4 is 5.91 Å². The average molecular weight is 362 g/mol. The number of tetrazole rings is 1. The lowest BCUT2D eigenvalue weighted by Crippen LogP contribution is -2.37. The third-order valence-electron chi connectivity index (χ3n) is 4.97. The molecular weight excluding hydrogens is 340 g/mol. The monoisotopic (exact) mass is 362 g/mol. The lowest BCUT2D eigenvalue weighted by atomic mass is 10.1. The van der Waals surface area contributed by atoms with E-state index in [-0.39, 0.29) is 11.9 Å². The van der Waals surface area contributed by atoms with Gasteiger partial charge in [-0.1, -0.05) is 42.5 Å². The first-order valence-electron chi connectivity index (χ1n) is 9.22. The van der Waals surface area contributed by atoms with Crippen LogP contribution >= 0.6 is 0 Å². The van der Waals surface area contributed by atoms with Crippen molar-refractivity contribution in [2.24, 2.45) is 0 Å². The lowest BCUT2D eigenvalue weighted by Gasteiger charge is -2.28. The highest BCUT2D eigenvalue weighted by atomic mass is 16.1. The minimum atomic E-state index is -0.124. The van der Waals surface area contributed by atoms with Gasteiger partial charge in [-0.3, -0.25) is 9.69 Å². The fourth-order valence-corrected chi connectivity index (χ4v) is 3.61. The van der Waals surface area contributed by atoms with Crippen molar-refractivity contribution < 1.29 is 4.79 Å². The molecule has 0 radical (unpaired) electrons. The van der Waals surface area contributed by atoms with Gasteiger partial charge in [-0.2, -0.15) is 4.68 Å². The summed E-state index contributed by atoms with van der Waals surface area (Å²) in [7, 11) is 0. The van der Waals surface area contributed by atoms with Gasteiger partial charge in [0.1, 0.15) is 6.33 Å². The van der Waals surface area contributed by atoms with Crippen LogP contribution in [-0.4, -0.2) is 50.6 Å². The van der Waals surface area contributed by atoms with E-state index in [0.717, 1.165) is 13.1 Å². The quantitative estimate of drug-likeness (QED) is 0.728. The minimum absolute atomic E-state index is 0.124. The number of carbonyl (C=O) groups is 1. The van der Waals surface area contributed by atoms with Crippen molar-refractivity contribution in [2.75, 3.05) is 19.6 Å². The fourth-order valence-electron chi connectivity index (χ4n) is 3.61. The highest BCUT2D eigenvalue weighted by Crippen LogP contribution is 2.24. The lowest BCUT2D eigenvalue weighted by molar-refractivity contribution is 0.0937. The van der Waals surface area contributed by atoms with Gasteiger partial charge < -0.3 is 5.32 Å². The van der Waals surface area contributed by atoms with E-state index in [4.69, 9.17) is 0 Å². The number of aromatic nitrogens is 4. The van der Waals surface area contributed by atoms with Gasteiger partial charge in [0.15, 0.2) is 0 Å². The molecule has 1 aliphatic heterocycles. The number of nitrogens with zero attached hydrogens (tertiary/aromatic N) is 5. The second kappa shape index (κ2) is 8.09. The molecule has 1 saturated heterocycles. The summed E-state index contributed by atoms with van der Waals surface area (Å²) in [4.78, 5) is 15.3. The summed E-state index contributed by atoms with van der Waals surface area (Å²) in [5.74, 6) is -0.124. The van der Waals surface area contributed by atoms with Gasteiger partial charge in [0.05, 0.1) is 17.3 Å². The molecule has 0 saturated carbocycles. The second-order valence-electron chi connectivity index (χ2n) is 6.65. The summed E-state index contributed by atoms with van der Waals surface area (Å²) >= 11 is 0. The molecule has 7 nitrogen and oxygen atoms in total. The molecule has 1 unspecified atom stereocenters. The van der Waals surface area contributed by atoms with E-state index in [9.17, 15) is 4.79 Å². The topological polar surface area (TPSA) is 75.9 Å². The Morgan fingerprint density at radius 3 is 2.52 bits per heavy atom. The van der Waals surface area contributed by atoms with E-state index in [1.165, 1.54) is 29.4 Å². The van der Waals surface area contributed by atoms with Gasteiger partial charge in [0, 0.05) is 6.54 Å². The Kier molecular flexibility index (Phi) is 5.20. The maximum Gasteiger partial charge on any atom is 0.253 e. The van der Waals surface area contributed by atoms with Crippen LogP contribution < -0.4 is 5.32 Å². The average Bonchev–Trinajstić information content (AvgIpc) is 3.43. The number of nitrogens with one attached hydrogen (secondary N) is 1. The molecule has 4 rings (SSSR count). The van der Waals surface area contributed by atoms with Crippen LogP contribution in [0.3, 0.4) is 0 Å². The zero-order valence-electron chi connectivity index (χ0n) is 15.0. The van der Waals surface area contributed by atoms with Crippen molar-refractivity contribution in [3.05, 3.63) is 72.1 Å². The molecule has 0 aliphatic carbocycles. The summed E-state index contributed by atoms with van der Waals surface area (Å²) < 4.78 is 1.50. The molecule has 1 aromatic heterocycles.